The highest BCUT2D eigenvalue weighted by Crippen LogP contribution is 2.30. The van der Waals surface area contributed by atoms with Crippen LogP contribution >= 0.6 is 15.9 Å². The predicted molar refractivity (Wildman–Crippen MR) is 106 cm³/mol. The SMILES string of the molecule is CC(C)(C)OC(=O)N1CCN(c2ccc(NCC(O)CO)cc2Br)CC1. The zero-order chi connectivity index (χ0) is 19.3. The van der Waals surface area contributed by atoms with E-state index in [-0.39, 0.29) is 19.2 Å². The zero-order valence-electron chi connectivity index (χ0n) is 15.5. The van der Waals surface area contributed by atoms with Gasteiger partial charge in [-0.3, -0.25) is 0 Å². The molecule has 1 aliphatic heterocycles. The first-order valence-corrected chi connectivity index (χ1v) is 9.54. The number of piperazine rings is 1. The van der Waals surface area contributed by atoms with Gasteiger partial charge >= 0.3 is 6.09 Å². The average molecular weight is 430 g/mol. The lowest BCUT2D eigenvalue weighted by Crippen LogP contribution is -2.50. The number of ether oxygens (including phenoxy) is 1. The fraction of sp³-hybridized carbons (Fsp3) is 0.611. The van der Waals surface area contributed by atoms with Gasteiger partial charge in [-0.05, 0) is 54.9 Å². The highest BCUT2D eigenvalue weighted by molar-refractivity contribution is 9.10. The summed E-state index contributed by atoms with van der Waals surface area (Å²) in [5, 5.41) is 21.4. The van der Waals surface area contributed by atoms with Crippen LogP contribution in [0.25, 0.3) is 0 Å². The van der Waals surface area contributed by atoms with E-state index in [4.69, 9.17) is 9.84 Å². The fourth-order valence-electron chi connectivity index (χ4n) is 2.63. The van der Waals surface area contributed by atoms with Crippen LogP contribution in [-0.4, -0.2) is 72.2 Å². The fourth-order valence-corrected chi connectivity index (χ4v) is 3.26. The number of aliphatic hydroxyl groups excluding tert-OH is 2. The summed E-state index contributed by atoms with van der Waals surface area (Å²) < 4.78 is 6.36. The second-order valence-corrected chi connectivity index (χ2v) is 8.19. The second kappa shape index (κ2) is 8.92. The summed E-state index contributed by atoms with van der Waals surface area (Å²) in [7, 11) is 0. The predicted octanol–water partition coefficient (Wildman–Crippen LogP) is 2.27. The summed E-state index contributed by atoms with van der Waals surface area (Å²) in [6, 6.07) is 5.88. The van der Waals surface area contributed by atoms with Gasteiger partial charge < -0.3 is 30.1 Å². The molecule has 1 unspecified atom stereocenters. The topological polar surface area (TPSA) is 85.3 Å². The van der Waals surface area contributed by atoms with E-state index >= 15 is 0 Å². The van der Waals surface area contributed by atoms with Crippen LogP contribution in [0.15, 0.2) is 22.7 Å². The number of anilines is 2. The Morgan fingerprint density at radius 1 is 1.31 bits per heavy atom. The van der Waals surface area contributed by atoms with E-state index in [1.165, 1.54) is 0 Å². The number of amides is 1. The molecular formula is C18H28BrN3O4. The second-order valence-electron chi connectivity index (χ2n) is 7.34. The molecule has 0 saturated carbocycles. The third-order valence-corrected chi connectivity index (χ3v) is 4.61. The maximum atomic E-state index is 12.1. The van der Waals surface area contributed by atoms with Crippen molar-refractivity contribution in [3.05, 3.63) is 22.7 Å². The Kier molecular flexibility index (Phi) is 7.14. The van der Waals surface area contributed by atoms with Crippen molar-refractivity contribution >= 4 is 33.4 Å². The maximum absolute atomic E-state index is 12.1. The number of hydrogen-bond acceptors (Lipinski definition) is 6. The van der Waals surface area contributed by atoms with Crippen molar-refractivity contribution in [1.29, 1.82) is 0 Å². The van der Waals surface area contributed by atoms with E-state index in [2.05, 4.69) is 26.1 Å². The molecule has 146 valence electrons. The van der Waals surface area contributed by atoms with Gasteiger partial charge in [-0.15, -0.1) is 0 Å². The molecule has 1 amide bonds. The van der Waals surface area contributed by atoms with Gasteiger partial charge in [0.1, 0.15) is 5.60 Å². The van der Waals surface area contributed by atoms with Gasteiger partial charge in [-0.25, -0.2) is 4.79 Å². The standard InChI is InChI=1S/C18H28BrN3O4/c1-18(2,3)26-17(25)22-8-6-21(7-9-22)16-5-4-13(10-15(16)19)20-11-14(24)12-23/h4-5,10,14,20,23-24H,6-9,11-12H2,1-3H3. The summed E-state index contributed by atoms with van der Waals surface area (Å²) in [4.78, 5) is 16.1. The lowest BCUT2D eigenvalue weighted by atomic mass is 10.2. The summed E-state index contributed by atoms with van der Waals surface area (Å²) in [6.07, 6.45) is -1.05. The Morgan fingerprint density at radius 3 is 2.50 bits per heavy atom. The van der Waals surface area contributed by atoms with Crippen molar-refractivity contribution in [1.82, 2.24) is 4.90 Å². The van der Waals surface area contributed by atoms with E-state index in [0.717, 1.165) is 28.9 Å². The van der Waals surface area contributed by atoms with Crippen molar-refractivity contribution < 1.29 is 19.7 Å². The molecular weight excluding hydrogens is 402 g/mol. The van der Waals surface area contributed by atoms with E-state index in [9.17, 15) is 9.90 Å². The zero-order valence-corrected chi connectivity index (χ0v) is 17.1. The first-order chi connectivity index (χ1) is 12.2. The maximum Gasteiger partial charge on any atom is 0.410 e. The molecule has 3 N–H and O–H groups in total. The normalized spacial score (nSPS) is 16.4. The lowest BCUT2D eigenvalue weighted by Gasteiger charge is -2.37. The van der Waals surface area contributed by atoms with E-state index in [1.54, 1.807) is 4.90 Å². The number of carbonyl (C=O) groups excluding carboxylic acids is 1. The Labute approximate surface area is 163 Å². The number of hydrogen-bond donors (Lipinski definition) is 3. The molecule has 0 aliphatic carbocycles. The van der Waals surface area contributed by atoms with E-state index in [1.807, 2.05) is 39.0 Å². The van der Waals surface area contributed by atoms with Crippen LogP contribution in [0.4, 0.5) is 16.2 Å². The molecule has 1 heterocycles. The monoisotopic (exact) mass is 429 g/mol. The van der Waals surface area contributed by atoms with Crippen molar-refractivity contribution in [2.75, 3.05) is 49.5 Å². The van der Waals surface area contributed by atoms with Gasteiger partial charge in [0.15, 0.2) is 0 Å². The van der Waals surface area contributed by atoms with Crippen LogP contribution in [0.1, 0.15) is 20.8 Å². The molecule has 0 bridgehead atoms. The van der Waals surface area contributed by atoms with Crippen LogP contribution in [0.5, 0.6) is 0 Å². The third kappa shape index (κ3) is 6.03. The minimum Gasteiger partial charge on any atom is -0.444 e. The Balaban J connectivity index is 1.91. The molecule has 1 fully saturated rings. The van der Waals surface area contributed by atoms with Crippen LogP contribution in [0, 0.1) is 0 Å². The Bertz CT molecular complexity index is 613. The molecule has 1 saturated heterocycles. The first kappa shape index (κ1) is 20.8. The third-order valence-electron chi connectivity index (χ3n) is 3.97. The highest BCUT2D eigenvalue weighted by atomic mass is 79.9. The molecule has 1 aliphatic rings. The molecule has 26 heavy (non-hydrogen) atoms. The Morgan fingerprint density at radius 2 is 1.96 bits per heavy atom. The van der Waals surface area contributed by atoms with Crippen molar-refractivity contribution in [3.63, 3.8) is 0 Å². The average Bonchev–Trinajstić information content (AvgIpc) is 2.58. The van der Waals surface area contributed by atoms with Gasteiger partial charge in [-0.1, -0.05) is 0 Å². The molecule has 0 aromatic heterocycles. The van der Waals surface area contributed by atoms with Gasteiger partial charge in [-0.2, -0.15) is 0 Å². The van der Waals surface area contributed by atoms with E-state index in [0.29, 0.717) is 13.1 Å². The summed E-state index contributed by atoms with van der Waals surface area (Å²) in [5.74, 6) is 0. The molecule has 1 aromatic carbocycles. The summed E-state index contributed by atoms with van der Waals surface area (Å²) in [5.41, 5.74) is 1.44. The highest BCUT2D eigenvalue weighted by Gasteiger charge is 2.26. The first-order valence-electron chi connectivity index (χ1n) is 8.75. The number of halogens is 1. The van der Waals surface area contributed by atoms with Gasteiger partial charge in [0.05, 0.1) is 18.4 Å². The van der Waals surface area contributed by atoms with Crippen molar-refractivity contribution in [2.24, 2.45) is 0 Å². The molecule has 2 rings (SSSR count). The largest absolute Gasteiger partial charge is 0.444 e. The molecule has 1 atom stereocenters. The summed E-state index contributed by atoms with van der Waals surface area (Å²) >= 11 is 3.59. The molecule has 7 nitrogen and oxygen atoms in total. The van der Waals surface area contributed by atoms with Crippen LogP contribution in [0.2, 0.25) is 0 Å². The van der Waals surface area contributed by atoms with E-state index < -0.39 is 11.7 Å². The number of benzene rings is 1. The van der Waals surface area contributed by atoms with Gasteiger partial charge in [0, 0.05) is 42.9 Å². The van der Waals surface area contributed by atoms with Crippen LogP contribution in [-0.2, 0) is 4.74 Å². The molecule has 0 radical (unpaired) electrons. The molecule has 8 heteroatoms. The van der Waals surface area contributed by atoms with Gasteiger partial charge in [0.25, 0.3) is 0 Å². The van der Waals surface area contributed by atoms with Gasteiger partial charge in [0.2, 0.25) is 0 Å². The number of nitrogens with one attached hydrogen (secondary N) is 1. The lowest BCUT2D eigenvalue weighted by molar-refractivity contribution is 0.0240. The van der Waals surface area contributed by atoms with Crippen molar-refractivity contribution in [3.8, 4) is 0 Å². The number of rotatable bonds is 5. The van der Waals surface area contributed by atoms with Crippen LogP contribution in [0.3, 0.4) is 0 Å². The molecule has 1 aromatic rings. The Hall–Kier alpha value is -1.51. The summed E-state index contributed by atoms with van der Waals surface area (Å²) in [6.45, 7) is 8.31. The van der Waals surface area contributed by atoms with Crippen LogP contribution < -0.4 is 10.2 Å². The quantitative estimate of drug-likeness (QED) is 0.665. The number of aliphatic hydroxyl groups is 2. The molecule has 0 spiro atoms. The smallest absolute Gasteiger partial charge is 0.410 e. The van der Waals surface area contributed by atoms with Crippen molar-refractivity contribution in [2.45, 2.75) is 32.5 Å². The minimum atomic E-state index is -0.783. The number of nitrogens with zero attached hydrogens (tertiary/aromatic N) is 2. The number of carbonyl (C=O) groups is 1. The minimum absolute atomic E-state index is 0.266.